The van der Waals surface area contributed by atoms with E-state index in [0.29, 0.717) is 17.4 Å². The van der Waals surface area contributed by atoms with Gasteiger partial charge in [0, 0.05) is 12.1 Å². The number of nitrogens with zero attached hydrogens (tertiary/aromatic N) is 3. The zero-order valence-corrected chi connectivity index (χ0v) is 13.1. The van der Waals surface area contributed by atoms with E-state index in [1.807, 2.05) is 0 Å². The number of halogens is 1. The Morgan fingerprint density at radius 1 is 1.45 bits per heavy atom. The Morgan fingerprint density at radius 3 is 2.68 bits per heavy atom. The molecule has 6 heteroatoms. The van der Waals surface area contributed by atoms with E-state index in [1.165, 1.54) is 36.3 Å². The minimum absolute atomic E-state index is 0. The number of rotatable bonds is 2. The van der Waals surface area contributed by atoms with Gasteiger partial charge in [-0.1, -0.05) is 51.6 Å². The fraction of sp³-hybridized carbons (Fsp3) is 0.562. The predicted octanol–water partition coefficient (Wildman–Crippen LogP) is 4.39. The Balaban J connectivity index is 0.000000293. The van der Waals surface area contributed by atoms with E-state index in [4.69, 9.17) is 16.3 Å². The van der Waals surface area contributed by atoms with Crippen LogP contribution in [0.5, 0.6) is 0 Å². The number of hydrogen-bond donors (Lipinski definition) is 0. The van der Waals surface area contributed by atoms with E-state index >= 15 is 0 Å². The van der Waals surface area contributed by atoms with E-state index in [2.05, 4.69) is 17.0 Å². The molecule has 0 aromatic carbocycles. The second-order valence-corrected chi connectivity index (χ2v) is 5.56. The number of carbonyl (C=O) groups excluding carboxylic acids is 1. The summed E-state index contributed by atoms with van der Waals surface area (Å²) in [6.07, 6.45) is 7.51. The maximum atomic E-state index is 11.4. The quantitative estimate of drug-likeness (QED) is 0.607. The largest absolute Gasteiger partial charge is 0.461 e. The molecule has 1 aliphatic rings. The Hall–Kier alpha value is -1.62. The Morgan fingerprint density at radius 2 is 2.14 bits per heavy atom. The van der Waals surface area contributed by atoms with Crippen LogP contribution in [0.1, 0.15) is 57.4 Å². The van der Waals surface area contributed by atoms with Crippen LogP contribution in [0.15, 0.2) is 18.3 Å². The number of carbonyl (C=O) groups is 1. The molecule has 3 rings (SSSR count). The molecule has 2 aromatic rings. The maximum absolute atomic E-state index is 11.4. The van der Waals surface area contributed by atoms with Crippen LogP contribution >= 0.6 is 11.6 Å². The van der Waals surface area contributed by atoms with Crippen molar-refractivity contribution in [3.05, 3.63) is 29.2 Å². The highest BCUT2D eigenvalue weighted by Gasteiger charge is 2.12. The van der Waals surface area contributed by atoms with Crippen molar-refractivity contribution in [3.63, 3.8) is 0 Å². The maximum Gasteiger partial charge on any atom is 0.357 e. The van der Waals surface area contributed by atoms with E-state index in [-0.39, 0.29) is 13.1 Å². The average molecular weight is 326 g/mol. The molecule has 0 radical (unpaired) electrons. The van der Waals surface area contributed by atoms with Crippen LogP contribution in [0.4, 0.5) is 0 Å². The van der Waals surface area contributed by atoms with Crippen molar-refractivity contribution in [2.24, 2.45) is 5.92 Å². The summed E-state index contributed by atoms with van der Waals surface area (Å²) in [5.41, 5.74) is 0.709. The Labute approximate surface area is 136 Å². The van der Waals surface area contributed by atoms with Gasteiger partial charge in [-0.05, 0) is 12.8 Å². The third kappa shape index (κ3) is 4.70. The summed E-state index contributed by atoms with van der Waals surface area (Å²) < 4.78 is 6.25. The third-order valence-electron chi connectivity index (χ3n) is 3.44. The van der Waals surface area contributed by atoms with Gasteiger partial charge in [-0.2, -0.15) is 5.10 Å². The molecule has 0 saturated heterocycles. The van der Waals surface area contributed by atoms with Crippen LogP contribution in [0, 0.1) is 5.92 Å². The monoisotopic (exact) mass is 325 g/mol. The standard InChI is InChI=1S/C9H8ClN3O2.C6H12.CH4/c1-2-15-9(14)6-5-7(10)13-8(12-6)3-4-11-13;1-6-4-2-3-5-6;/h3-5H,2H2,1H3;6H,2-5H2,1H3;1H4. The normalized spacial score (nSPS) is 14.1. The van der Waals surface area contributed by atoms with E-state index < -0.39 is 5.97 Å². The summed E-state index contributed by atoms with van der Waals surface area (Å²) in [6, 6.07) is 3.09. The first-order valence-corrected chi connectivity index (χ1v) is 7.67. The van der Waals surface area contributed by atoms with Crippen LogP contribution < -0.4 is 0 Å². The van der Waals surface area contributed by atoms with Gasteiger partial charge in [0.25, 0.3) is 0 Å². The van der Waals surface area contributed by atoms with Crippen LogP contribution in [0.25, 0.3) is 5.65 Å². The Kier molecular flexibility index (Phi) is 7.32. The van der Waals surface area contributed by atoms with Crippen molar-refractivity contribution in [2.45, 2.75) is 47.0 Å². The molecular weight excluding hydrogens is 302 g/mol. The lowest BCUT2D eigenvalue weighted by atomic mass is 10.2. The van der Waals surface area contributed by atoms with Crippen molar-refractivity contribution in [1.29, 1.82) is 0 Å². The lowest BCUT2D eigenvalue weighted by Gasteiger charge is -2.02. The van der Waals surface area contributed by atoms with Gasteiger partial charge in [0.15, 0.2) is 11.3 Å². The summed E-state index contributed by atoms with van der Waals surface area (Å²) in [5, 5.41) is 4.26. The van der Waals surface area contributed by atoms with Gasteiger partial charge in [0.1, 0.15) is 5.15 Å². The fourth-order valence-corrected chi connectivity index (χ4v) is 2.55. The van der Waals surface area contributed by atoms with E-state index in [0.717, 1.165) is 5.92 Å². The number of esters is 1. The van der Waals surface area contributed by atoms with E-state index in [1.54, 1.807) is 19.2 Å². The van der Waals surface area contributed by atoms with E-state index in [9.17, 15) is 4.79 Å². The summed E-state index contributed by atoms with van der Waals surface area (Å²) in [5.74, 6) is 0.563. The second-order valence-electron chi connectivity index (χ2n) is 5.18. The first-order valence-electron chi connectivity index (χ1n) is 7.29. The molecule has 0 bridgehead atoms. The number of fused-ring (bicyclic) bond motifs is 1. The van der Waals surface area contributed by atoms with Gasteiger partial charge in [0.2, 0.25) is 0 Å². The lowest BCUT2D eigenvalue weighted by molar-refractivity contribution is 0.0519. The second kappa shape index (κ2) is 8.73. The molecule has 0 unspecified atom stereocenters. The van der Waals surface area contributed by atoms with Crippen molar-refractivity contribution in [2.75, 3.05) is 6.61 Å². The van der Waals surface area contributed by atoms with Gasteiger partial charge in [-0.3, -0.25) is 0 Å². The van der Waals surface area contributed by atoms with Gasteiger partial charge in [0.05, 0.1) is 12.8 Å². The van der Waals surface area contributed by atoms with Crippen LogP contribution in [-0.2, 0) is 4.74 Å². The highest BCUT2D eigenvalue weighted by molar-refractivity contribution is 6.30. The zero-order chi connectivity index (χ0) is 15.2. The lowest BCUT2D eigenvalue weighted by Crippen LogP contribution is -2.08. The van der Waals surface area contributed by atoms with Crippen LogP contribution in [0.2, 0.25) is 5.15 Å². The summed E-state index contributed by atoms with van der Waals surface area (Å²) in [6.45, 7) is 4.38. The van der Waals surface area contributed by atoms with Gasteiger partial charge >= 0.3 is 5.97 Å². The molecule has 2 heterocycles. The summed E-state index contributed by atoms with van der Waals surface area (Å²) in [7, 11) is 0. The first kappa shape index (κ1) is 18.4. The van der Waals surface area contributed by atoms with Crippen LogP contribution in [0.3, 0.4) is 0 Å². The molecule has 0 N–H and O–H groups in total. The van der Waals surface area contributed by atoms with Crippen molar-refractivity contribution in [3.8, 4) is 0 Å². The molecule has 22 heavy (non-hydrogen) atoms. The minimum Gasteiger partial charge on any atom is -0.461 e. The number of hydrogen-bond acceptors (Lipinski definition) is 4. The highest BCUT2D eigenvalue weighted by Crippen LogP contribution is 2.22. The molecule has 0 spiro atoms. The molecule has 2 aromatic heterocycles. The molecule has 0 aliphatic heterocycles. The van der Waals surface area contributed by atoms with Crippen molar-refractivity contribution < 1.29 is 9.53 Å². The van der Waals surface area contributed by atoms with Crippen molar-refractivity contribution >= 4 is 23.2 Å². The zero-order valence-electron chi connectivity index (χ0n) is 12.4. The Bertz CT molecular complexity index is 606. The van der Waals surface area contributed by atoms with Crippen molar-refractivity contribution in [1.82, 2.24) is 14.6 Å². The predicted molar refractivity (Wildman–Crippen MR) is 88.3 cm³/mol. The molecular formula is C16H24ClN3O2. The first-order chi connectivity index (χ1) is 10.1. The molecule has 5 nitrogen and oxygen atoms in total. The van der Waals surface area contributed by atoms with Crippen LogP contribution in [-0.4, -0.2) is 27.2 Å². The third-order valence-corrected chi connectivity index (χ3v) is 3.71. The number of aromatic nitrogens is 3. The van der Waals surface area contributed by atoms with Gasteiger partial charge in [-0.15, -0.1) is 0 Å². The molecule has 1 saturated carbocycles. The molecule has 0 atom stereocenters. The smallest absolute Gasteiger partial charge is 0.357 e. The summed E-state index contributed by atoms with van der Waals surface area (Å²) in [4.78, 5) is 15.4. The molecule has 0 amide bonds. The molecule has 1 fully saturated rings. The SMILES string of the molecule is C.CC1CCCC1.CCOC(=O)c1cc(Cl)n2nccc2n1. The molecule has 122 valence electrons. The summed E-state index contributed by atoms with van der Waals surface area (Å²) >= 11 is 5.90. The number of ether oxygens (including phenoxy) is 1. The average Bonchev–Trinajstić information content (AvgIpc) is 3.10. The topological polar surface area (TPSA) is 56.5 Å². The highest BCUT2D eigenvalue weighted by atomic mass is 35.5. The fourth-order valence-electron chi connectivity index (χ4n) is 2.31. The molecule has 1 aliphatic carbocycles. The van der Waals surface area contributed by atoms with Gasteiger partial charge < -0.3 is 4.74 Å². The van der Waals surface area contributed by atoms with Gasteiger partial charge in [-0.25, -0.2) is 14.3 Å². The minimum atomic E-state index is -0.483.